The number of hydrogen-bond donors (Lipinski definition) is 0. The molecule has 0 saturated heterocycles. The van der Waals surface area contributed by atoms with Crippen molar-refractivity contribution in [3.8, 4) is 6.07 Å². The maximum absolute atomic E-state index is 8.78. The molecule has 1 rings (SSSR count). The van der Waals surface area contributed by atoms with Crippen molar-refractivity contribution in [2.75, 3.05) is 6.54 Å². The summed E-state index contributed by atoms with van der Waals surface area (Å²) in [5.74, 6) is 0. The van der Waals surface area contributed by atoms with Crippen molar-refractivity contribution in [3.63, 3.8) is 0 Å². The molecule has 0 unspecified atom stereocenters. The first-order valence-electron chi connectivity index (χ1n) is 5.76. The fraction of sp³-hybridized carbons (Fsp3) is 0.538. The first-order chi connectivity index (χ1) is 7.67. The van der Waals surface area contributed by atoms with Crippen LogP contribution in [0.2, 0.25) is 0 Å². The lowest BCUT2D eigenvalue weighted by molar-refractivity contribution is 0.213. The molecule has 1 aromatic heterocycles. The van der Waals surface area contributed by atoms with Gasteiger partial charge in [0.05, 0.1) is 0 Å². The van der Waals surface area contributed by atoms with E-state index in [0.717, 1.165) is 25.1 Å². The number of nitrogens with zero attached hydrogens (tertiary/aromatic N) is 3. The zero-order valence-corrected chi connectivity index (χ0v) is 10.3. The fourth-order valence-electron chi connectivity index (χ4n) is 1.68. The second-order valence-electron chi connectivity index (χ2n) is 4.23. The van der Waals surface area contributed by atoms with Crippen molar-refractivity contribution in [2.45, 2.75) is 39.8 Å². The van der Waals surface area contributed by atoms with Crippen LogP contribution in [0.5, 0.6) is 0 Å². The average Bonchev–Trinajstić information content (AvgIpc) is 2.28. The summed E-state index contributed by atoms with van der Waals surface area (Å²) in [6.07, 6.45) is 2.85. The third-order valence-corrected chi connectivity index (χ3v) is 2.57. The molecule has 0 aliphatic rings. The van der Waals surface area contributed by atoms with Crippen molar-refractivity contribution in [1.82, 2.24) is 9.88 Å². The fourth-order valence-corrected chi connectivity index (χ4v) is 1.68. The lowest BCUT2D eigenvalue weighted by Gasteiger charge is -2.25. The molecule has 0 aliphatic carbocycles. The van der Waals surface area contributed by atoms with Gasteiger partial charge in [0, 0.05) is 18.8 Å². The van der Waals surface area contributed by atoms with E-state index in [1.165, 1.54) is 0 Å². The van der Waals surface area contributed by atoms with Crippen molar-refractivity contribution >= 4 is 0 Å². The van der Waals surface area contributed by atoms with Crippen molar-refractivity contribution in [3.05, 3.63) is 29.6 Å². The minimum Gasteiger partial charge on any atom is -0.297 e. The molecule has 0 spiro atoms. The molecule has 0 aromatic carbocycles. The Balaban J connectivity index is 2.73. The molecule has 0 aliphatic heterocycles. The molecular weight excluding hydrogens is 198 g/mol. The molecule has 1 aromatic rings. The predicted octanol–water partition coefficient (Wildman–Crippen LogP) is 2.57. The minimum atomic E-state index is 0.498. The van der Waals surface area contributed by atoms with Crippen LogP contribution in [0.25, 0.3) is 0 Å². The second-order valence-corrected chi connectivity index (χ2v) is 4.23. The lowest BCUT2D eigenvalue weighted by Crippen LogP contribution is -2.31. The van der Waals surface area contributed by atoms with Crippen molar-refractivity contribution < 1.29 is 0 Å². The van der Waals surface area contributed by atoms with Crippen LogP contribution >= 0.6 is 0 Å². The van der Waals surface area contributed by atoms with Gasteiger partial charge in [0.15, 0.2) is 0 Å². The van der Waals surface area contributed by atoms with E-state index in [9.17, 15) is 0 Å². The van der Waals surface area contributed by atoms with E-state index < -0.39 is 0 Å². The summed E-state index contributed by atoms with van der Waals surface area (Å²) >= 11 is 0. The Bertz CT molecular complexity index is 366. The Kier molecular flexibility index (Phi) is 4.94. The van der Waals surface area contributed by atoms with Crippen molar-refractivity contribution in [2.24, 2.45) is 0 Å². The lowest BCUT2D eigenvalue weighted by atomic mass is 10.2. The number of aromatic nitrogens is 1. The number of hydrogen-bond acceptors (Lipinski definition) is 3. The van der Waals surface area contributed by atoms with E-state index in [1.54, 1.807) is 6.20 Å². The van der Waals surface area contributed by atoms with E-state index in [-0.39, 0.29) is 0 Å². The summed E-state index contributed by atoms with van der Waals surface area (Å²) in [4.78, 5) is 6.38. The van der Waals surface area contributed by atoms with Gasteiger partial charge in [-0.15, -0.1) is 0 Å². The van der Waals surface area contributed by atoms with Crippen LogP contribution in [0.3, 0.4) is 0 Å². The summed E-state index contributed by atoms with van der Waals surface area (Å²) in [7, 11) is 0. The average molecular weight is 217 g/mol. The molecule has 0 amide bonds. The largest absolute Gasteiger partial charge is 0.297 e. The Hall–Kier alpha value is -1.40. The second kappa shape index (κ2) is 6.24. The molecule has 0 atom stereocenters. The summed E-state index contributed by atoms with van der Waals surface area (Å²) in [6, 6.07) is 6.44. The number of rotatable bonds is 5. The van der Waals surface area contributed by atoms with Crippen LogP contribution < -0.4 is 0 Å². The molecule has 3 heteroatoms. The van der Waals surface area contributed by atoms with E-state index in [1.807, 2.05) is 12.1 Å². The summed E-state index contributed by atoms with van der Waals surface area (Å²) in [6.45, 7) is 8.55. The van der Waals surface area contributed by atoms with Crippen molar-refractivity contribution in [1.29, 1.82) is 5.26 Å². The molecule has 3 nitrogen and oxygen atoms in total. The third-order valence-electron chi connectivity index (χ3n) is 2.57. The number of pyridine rings is 1. The van der Waals surface area contributed by atoms with Gasteiger partial charge < -0.3 is 0 Å². The maximum Gasteiger partial charge on any atom is 0.140 e. The minimum absolute atomic E-state index is 0.498. The van der Waals surface area contributed by atoms with E-state index >= 15 is 0 Å². The Morgan fingerprint density at radius 2 is 2.25 bits per heavy atom. The SMILES string of the molecule is CCCN(Cc1ccnc(C#N)c1)C(C)C. The highest BCUT2D eigenvalue weighted by Crippen LogP contribution is 2.09. The van der Waals surface area contributed by atoms with Gasteiger partial charge in [-0.1, -0.05) is 6.92 Å². The van der Waals surface area contributed by atoms with Gasteiger partial charge >= 0.3 is 0 Å². The van der Waals surface area contributed by atoms with Crippen LogP contribution in [0, 0.1) is 11.3 Å². The molecule has 16 heavy (non-hydrogen) atoms. The van der Waals surface area contributed by atoms with Gasteiger partial charge in [0.1, 0.15) is 11.8 Å². The molecule has 0 radical (unpaired) electrons. The Labute approximate surface area is 97.7 Å². The van der Waals surface area contributed by atoms with E-state index in [2.05, 4.69) is 36.7 Å². The molecular formula is C13H19N3. The number of nitriles is 1. The third kappa shape index (κ3) is 3.63. The van der Waals surface area contributed by atoms with Crippen LogP contribution in [0.1, 0.15) is 38.4 Å². The smallest absolute Gasteiger partial charge is 0.140 e. The van der Waals surface area contributed by atoms with Gasteiger partial charge in [-0.25, -0.2) is 4.98 Å². The van der Waals surface area contributed by atoms with Crippen LogP contribution in [0.4, 0.5) is 0 Å². The zero-order chi connectivity index (χ0) is 12.0. The van der Waals surface area contributed by atoms with E-state index in [4.69, 9.17) is 5.26 Å². The molecule has 0 bridgehead atoms. The normalized spacial score (nSPS) is 10.8. The van der Waals surface area contributed by atoms with Crippen LogP contribution in [0.15, 0.2) is 18.3 Å². The summed E-state index contributed by atoms with van der Waals surface area (Å²) in [5, 5.41) is 8.78. The highest BCUT2D eigenvalue weighted by atomic mass is 15.1. The Morgan fingerprint density at radius 3 is 2.81 bits per heavy atom. The monoisotopic (exact) mass is 217 g/mol. The predicted molar refractivity (Wildman–Crippen MR) is 64.8 cm³/mol. The molecule has 0 fully saturated rings. The molecule has 0 N–H and O–H groups in total. The van der Waals surface area contributed by atoms with Crippen LogP contribution in [-0.2, 0) is 6.54 Å². The topological polar surface area (TPSA) is 39.9 Å². The van der Waals surface area contributed by atoms with Gasteiger partial charge in [0.2, 0.25) is 0 Å². The molecule has 0 saturated carbocycles. The zero-order valence-electron chi connectivity index (χ0n) is 10.3. The van der Waals surface area contributed by atoms with Gasteiger partial charge in [0.25, 0.3) is 0 Å². The summed E-state index contributed by atoms with van der Waals surface area (Å²) in [5.41, 5.74) is 1.66. The van der Waals surface area contributed by atoms with Gasteiger partial charge in [-0.2, -0.15) is 5.26 Å². The van der Waals surface area contributed by atoms with Crippen LogP contribution in [-0.4, -0.2) is 22.5 Å². The standard InChI is InChI=1S/C13H19N3/c1-4-7-16(11(2)3)10-12-5-6-15-13(8-12)9-14/h5-6,8,11H,4,7,10H2,1-3H3. The first-order valence-corrected chi connectivity index (χ1v) is 5.76. The molecule has 1 heterocycles. The van der Waals surface area contributed by atoms with Gasteiger partial charge in [-0.05, 0) is 44.5 Å². The summed E-state index contributed by atoms with van der Waals surface area (Å²) < 4.78 is 0. The van der Waals surface area contributed by atoms with Gasteiger partial charge in [-0.3, -0.25) is 4.90 Å². The highest BCUT2D eigenvalue weighted by Gasteiger charge is 2.09. The Morgan fingerprint density at radius 1 is 1.50 bits per heavy atom. The first kappa shape index (κ1) is 12.7. The quantitative estimate of drug-likeness (QED) is 0.761. The molecule has 86 valence electrons. The maximum atomic E-state index is 8.78. The van der Waals surface area contributed by atoms with E-state index in [0.29, 0.717) is 11.7 Å². The highest BCUT2D eigenvalue weighted by molar-refractivity contribution is 5.25.